The van der Waals surface area contributed by atoms with E-state index in [4.69, 9.17) is 9.84 Å². The van der Waals surface area contributed by atoms with Crippen molar-refractivity contribution in [2.45, 2.75) is 24.5 Å². The predicted octanol–water partition coefficient (Wildman–Crippen LogP) is -4.39. The molecule has 13 heteroatoms. The molecule has 3 rings (SSSR count). The van der Waals surface area contributed by atoms with E-state index in [0.29, 0.717) is 4.68 Å². The first-order valence-corrected chi connectivity index (χ1v) is 6.92. The first kappa shape index (κ1) is 18.5. The minimum atomic E-state index is -1.41. The minimum Gasteiger partial charge on any atom is -0.394 e. The number of H-pyrrole nitrogens is 3. The lowest BCUT2D eigenvalue weighted by Gasteiger charge is -2.14. The maximum atomic E-state index is 11.4. The highest BCUT2D eigenvalue weighted by Gasteiger charge is 2.44. The number of aromatic amines is 3. The summed E-state index contributed by atoms with van der Waals surface area (Å²) in [4.78, 5) is 48.8. The zero-order chi connectivity index (χ0) is 18.6. The highest BCUT2D eigenvalue weighted by molar-refractivity contribution is 4.88. The molecule has 1 saturated heterocycles. The topological polar surface area (TPSA) is 203 Å². The van der Waals surface area contributed by atoms with Gasteiger partial charge in [0.15, 0.2) is 6.23 Å². The van der Waals surface area contributed by atoms with Gasteiger partial charge in [0.25, 0.3) is 11.1 Å². The number of hydrogen-bond acceptors (Lipinski definition) is 9. The summed E-state index contributed by atoms with van der Waals surface area (Å²) in [6.07, 6.45) is -2.85. The van der Waals surface area contributed by atoms with E-state index in [1.807, 2.05) is 9.97 Å². The summed E-state index contributed by atoms with van der Waals surface area (Å²) >= 11 is 0. The second-order valence-electron chi connectivity index (χ2n) is 4.91. The fourth-order valence-electron chi connectivity index (χ4n) is 2.01. The Morgan fingerprint density at radius 3 is 2.32 bits per heavy atom. The molecule has 0 amide bonds. The van der Waals surface area contributed by atoms with Gasteiger partial charge in [-0.3, -0.25) is 19.6 Å². The first-order chi connectivity index (χ1) is 11.8. The van der Waals surface area contributed by atoms with E-state index in [1.54, 1.807) is 0 Å². The molecular formula is C12H15N5O8. The van der Waals surface area contributed by atoms with Crippen LogP contribution in [0.3, 0.4) is 0 Å². The molecule has 0 aromatic carbocycles. The number of aliphatic hydroxyl groups excluding tert-OH is 3. The van der Waals surface area contributed by atoms with Crippen molar-refractivity contribution in [2.24, 2.45) is 0 Å². The summed E-state index contributed by atoms with van der Waals surface area (Å²) in [6, 6.07) is 1.24. The van der Waals surface area contributed by atoms with Crippen molar-refractivity contribution in [1.82, 2.24) is 24.7 Å². The molecule has 3 heterocycles. The van der Waals surface area contributed by atoms with E-state index < -0.39 is 48.1 Å². The van der Waals surface area contributed by atoms with Crippen molar-refractivity contribution in [3.8, 4) is 0 Å². The van der Waals surface area contributed by atoms with Crippen molar-refractivity contribution >= 4 is 0 Å². The van der Waals surface area contributed by atoms with Crippen molar-refractivity contribution in [3.05, 3.63) is 60.1 Å². The van der Waals surface area contributed by atoms with Crippen LogP contribution in [0, 0.1) is 0 Å². The van der Waals surface area contributed by atoms with Crippen LogP contribution in [0.15, 0.2) is 37.6 Å². The Bertz CT molecular complexity index is 905. The van der Waals surface area contributed by atoms with Crippen LogP contribution >= 0.6 is 0 Å². The molecule has 25 heavy (non-hydrogen) atoms. The number of nitrogens with zero attached hydrogens (tertiary/aromatic N) is 2. The Morgan fingerprint density at radius 1 is 1.12 bits per heavy atom. The zero-order valence-electron chi connectivity index (χ0n) is 12.5. The molecule has 0 spiro atoms. The van der Waals surface area contributed by atoms with Gasteiger partial charge in [0.1, 0.15) is 24.5 Å². The van der Waals surface area contributed by atoms with Crippen LogP contribution in [-0.4, -0.2) is 65.0 Å². The van der Waals surface area contributed by atoms with E-state index >= 15 is 0 Å². The summed E-state index contributed by atoms with van der Waals surface area (Å²) < 4.78 is 5.77. The molecule has 0 saturated carbocycles. The Balaban J connectivity index is 0.000000236. The van der Waals surface area contributed by atoms with Crippen LogP contribution < -0.4 is 22.5 Å². The molecule has 1 aliphatic heterocycles. The summed E-state index contributed by atoms with van der Waals surface area (Å²) in [5.41, 5.74) is -2.41. The number of nitrogens with one attached hydrogen (secondary N) is 3. The Morgan fingerprint density at radius 2 is 1.84 bits per heavy atom. The van der Waals surface area contributed by atoms with Crippen LogP contribution in [0.25, 0.3) is 0 Å². The standard InChI is InChI=1S/C8H11N3O6.C4H4N2O2/c12-2-3-5(14)6(15)7(17-3)11-8(16)10-4(13)1-9-11;7-3-1-2-5-4(8)6-3/h1,3,5-7,12,14-15H,2H2,(H,10,13,16);1-2H,(H2,5,6,7,8)/t3-,5-,6-,7-;/m1./s1. The molecule has 4 atom stereocenters. The first-order valence-electron chi connectivity index (χ1n) is 6.92. The average Bonchev–Trinajstić information content (AvgIpc) is 2.83. The lowest BCUT2D eigenvalue weighted by atomic mass is 10.1. The average molecular weight is 357 g/mol. The van der Waals surface area contributed by atoms with Gasteiger partial charge in [0.05, 0.1) is 6.61 Å². The van der Waals surface area contributed by atoms with E-state index in [9.17, 15) is 29.4 Å². The molecule has 0 unspecified atom stereocenters. The molecule has 2 aromatic rings. The normalized spacial score (nSPS) is 25.2. The van der Waals surface area contributed by atoms with E-state index in [0.717, 1.165) is 6.20 Å². The van der Waals surface area contributed by atoms with Crippen LogP contribution in [0.1, 0.15) is 6.23 Å². The second-order valence-corrected chi connectivity index (χ2v) is 4.91. The van der Waals surface area contributed by atoms with Crippen LogP contribution in [0.2, 0.25) is 0 Å². The quantitative estimate of drug-likeness (QED) is 0.306. The molecule has 0 bridgehead atoms. The highest BCUT2D eigenvalue weighted by Crippen LogP contribution is 2.27. The summed E-state index contributed by atoms with van der Waals surface area (Å²) in [7, 11) is 0. The van der Waals surface area contributed by atoms with Crippen LogP contribution in [-0.2, 0) is 4.74 Å². The molecular weight excluding hydrogens is 342 g/mol. The lowest BCUT2D eigenvalue weighted by molar-refractivity contribution is -0.0618. The maximum absolute atomic E-state index is 11.4. The number of hydrogen-bond donors (Lipinski definition) is 6. The monoisotopic (exact) mass is 357 g/mol. The molecule has 1 fully saturated rings. The number of aromatic nitrogens is 5. The largest absolute Gasteiger partial charge is 0.394 e. The van der Waals surface area contributed by atoms with Gasteiger partial charge in [-0.1, -0.05) is 0 Å². The molecule has 13 nitrogen and oxygen atoms in total. The molecule has 0 aliphatic carbocycles. The lowest BCUT2D eigenvalue weighted by Crippen LogP contribution is -2.39. The SMILES string of the molecule is O=c1cc[nH]c(=O)[nH]1.O=c1cnn([C@@H]2O[C@H](CO)[C@@H](O)[C@H]2O)c(=O)[nH]1. The van der Waals surface area contributed by atoms with Crippen LogP contribution in [0.4, 0.5) is 0 Å². The Hall–Kier alpha value is -2.87. The van der Waals surface area contributed by atoms with Gasteiger partial charge in [-0.05, 0) is 0 Å². The third-order valence-electron chi connectivity index (χ3n) is 3.18. The molecule has 1 aliphatic rings. The maximum Gasteiger partial charge on any atom is 0.347 e. The fraction of sp³-hybridized carbons (Fsp3) is 0.417. The highest BCUT2D eigenvalue weighted by atomic mass is 16.6. The molecule has 0 radical (unpaired) electrons. The van der Waals surface area contributed by atoms with Gasteiger partial charge in [0, 0.05) is 12.3 Å². The zero-order valence-corrected chi connectivity index (χ0v) is 12.5. The van der Waals surface area contributed by atoms with Gasteiger partial charge >= 0.3 is 11.4 Å². The summed E-state index contributed by atoms with van der Waals surface area (Å²) in [5.74, 6) is 0. The number of ether oxygens (including phenoxy) is 1. The minimum absolute atomic E-state index is 0.381. The van der Waals surface area contributed by atoms with E-state index in [2.05, 4.69) is 10.1 Å². The van der Waals surface area contributed by atoms with E-state index in [1.165, 1.54) is 12.3 Å². The number of rotatable bonds is 2. The predicted molar refractivity (Wildman–Crippen MR) is 79.8 cm³/mol. The Labute approximate surface area is 137 Å². The third kappa shape index (κ3) is 4.36. The van der Waals surface area contributed by atoms with Gasteiger partial charge in [-0.15, -0.1) is 0 Å². The van der Waals surface area contributed by atoms with Crippen molar-refractivity contribution in [3.63, 3.8) is 0 Å². The van der Waals surface area contributed by atoms with Crippen LogP contribution in [0.5, 0.6) is 0 Å². The second kappa shape index (κ2) is 7.80. The van der Waals surface area contributed by atoms with Gasteiger partial charge in [-0.25, -0.2) is 9.59 Å². The summed E-state index contributed by atoms with van der Waals surface area (Å²) in [6.45, 7) is -0.507. The summed E-state index contributed by atoms with van der Waals surface area (Å²) in [5, 5.41) is 31.5. The van der Waals surface area contributed by atoms with Crippen molar-refractivity contribution < 1.29 is 20.1 Å². The van der Waals surface area contributed by atoms with Gasteiger partial charge < -0.3 is 25.0 Å². The van der Waals surface area contributed by atoms with Gasteiger partial charge in [-0.2, -0.15) is 9.78 Å². The fourth-order valence-corrected chi connectivity index (χ4v) is 2.01. The molecule has 136 valence electrons. The third-order valence-corrected chi connectivity index (χ3v) is 3.18. The number of aliphatic hydroxyl groups is 3. The van der Waals surface area contributed by atoms with Gasteiger partial charge in [0.2, 0.25) is 0 Å². The van der Waals surface area contributed by atoms with Crippen molar-refractivity contribution in [1.29, 1.82) is 0 Å². The Kier molecular flexibility index (Phi) is 5.76. The van der Waals surface area contributed by atoms with Crippen molar-refractivity contribution in [2.75, 3.05) is 6.61 Å². The smallest absolute Gasteiger partial charge is 0.347 e. The molecule has 2 aromatic heterocycles. The van der Waals surface area contributed by atoms with E-state index in [-0.39, 0.29) is 5.56 Å². The molecule has 6 N–H and O–H groups in total.